The Bertz CT molecular complexity index is 1530. The van der Waals surface area contributed by atoms with Crippen molar-refractivity contribution in [2.24, 2.45) is 0 Å². The van der Waals surface area contributed by atoms with Crippen molar-refractivity contribution in [3.05, 3.63) is 200 Å². The van der Waals surface area contributed by atoms with Gasteiger partial charge in [0.15, 0.2) is 0 Å². The van der Waals surface area contributed by atoms with Gasteiger partial charge >= 0.3 is 0 Å². The highest BCUT2D eigenvalue weighted by Gasteiger charge is 2.44. The lowest BCUT2D eigenvalue weighted by molar-refractivity contribution is 0.429. The quantitative estimate of drug-likeness (QED) is 0.107. The van der Waals surface area contributed by atoms with Gasteiger partial charge < -0.3 is 5.11 Å². The van der Waals surface area contributed by atoms with Gasteiger partial charge in [0.1, 0.15) is 0 Å². The van der Waals surface area contributed by atoms with Crippen LogP contribution in [0.1, 0.15) is 0 Å². The minimum atomic E-state index is -2.40. The van der Waals surface area contributed by atoms with E-state index < -0.39 is 14.5 Å². The van der Waals surface area contributed by atoms with Gasteiger partial charge in [0.2, 0.25) is 0 Å². The third-order valence-corrected chi connectivity index (χ3v) is 15.6. The average Bonchev–Trinajstić information content (AvgIpc) is 3.08. The number of aliphatic hydroxyl groups is 1. The van der Waals surface area contributed by atoms with Gasteiger partial charge in [-0.2, -0.15) is 0 Å². The fraction of sp³-hybridized carbons (Fsp3) is 0. The molecule has 0 aliphatic carbocycles. The van der Waals surface area contributed by atoms with E-state index >= 15 is 0 Å². The van der Waals surface area contributed by atoms with Gasteiger partial charge in [-0.1, -0.05) is 109 Å². The molecule has 0 aliphatic rings. The first-order valence-corrected chi connectivity index (χ1v) is 17.8. The highest BCUT2D eigenvalue weighted by Crippen LogP contribution is 2.63. The molecule has 0 radical (unpaired) electrons. The summed E-state index contributed by atoms with van der Waals surface area (Å²) in [5.74, 6) is 2.46. The van der Waals surface area contributed by atoms with Crippen LogP contribution in [0.25, 0.3) is 0 Å². The number of rotatable bonds is 9. The summed E-state index contributed by atoms with van der Waals surface area (Å²) >= 11 is 0. The van der Waals surface area contributed by atoms with Crippen molar-refractivity contribution in [1.29, 1.82) is 0 Å². The SMILES string of the molecule is O/C(=C\[P+](c1ccccc1)(c1ccccc1)c1ccccc1)[CH-][P+](c1ccccc1)(c1ccccc1)c1ccccc1. The number of hydrogen-bond donors (Lipinski definition) is 1. The van der Waals surface area contributed by atoms with Gasteiger partial charge in [0.25, 0.3) is 0 Å². The molecule has 6 aromatic carbocycles. The summed E-state index contributed by atoms with van der Waals surface area (Å²) in [6, 6.07) is 63.9. The molecular weight excluding hydrogens is 546 g/mol. The number of hydrogen-bond acceptors (Lipinski definition) is 1. The maximum atomic E-state index is 12.3. The second kappa shape index (κ2) is 12.6. The van der Waals surface area contributed by atoms with Crippen LogP contribution in [0, 0.1) is 6.16 Å². The minimum absolute atomic E-state index is 0.296. The normalized spacial score (nSPS) is 12.0. The van der Waals surface area contributed by atoms with Crippen LogP contribution in [0.2, 0.25) is 0 Å². The fourth-order valence-corrected chi connectivity index (χ4v) is 13.3. The molecular formula is C39H33OP2+. The van der Waals surface area contributed by atoms with E-state index in [0.29, 0.717) is 5.76 Å². The van der Waals surface area contributed by atoms with Crippen LogP contribution in [0.15, 0.2) is 194 Å². The zero-order valence-electron chi connectivity index (χ0n) is 23.3. The zero-order chi connectivity index (χ0) is 28.7. The van der Waals surface area contributed by atoms with Crippen molar-refractivity contribution in [2.45, 2.75) is 0 Å². The summed E-state index contributed by atoms with van der Waals surface area (Å²) in [5, 5.41) is 19.5. The Morgan fingerprint density at radius 1 is 0.381 bits per heavy atom. The van der Waals surface area contributed by atoms with Crippen molar-refractivity contribution < 1.29 is 5.11 Å². The van der Waals surface area contributed by atoms with Crippen LogP contribution < -0.4 is 31.8 Å². The van der Waals surface area contributed by atoms with Crippen molar-refractivity contribution in [3.8, 4) is 0 Å². The zero-order valence-corrected chi connectivity index (χ0v) is 25.1. The Kier molecular flexibility index (Phi) is 8.34. The largest absolute Gasteiger partial charge is 0.539 e. The van der Waals surface area contributed by atoms with Gasteiger partial charge in [0, 0.05) is 5.76 Å². The van der Waals surface area contributed by atoms with Crippen LogP contribution >= 0.6 is 14.5 Å². The fourth-order valence-electron chi connectivity index (χ4n) is 5.75. The van der Waals surface area contributed by atoms with E-state index in [-0.39, 0.29) is 0 Å². The Balaban J connectivity index is 1.63. The van der Waals surface area contributed by atoms with Gasteiger partial charge in [-0.25, -0.2) is 0 Å². The summed E-state index contributed by atoms with van der Waals surface area (Å²) in [4.78, 5) is 0. The van der Waals surface area contributed by atoms with Crippen molar-refractivity contribution in [1.82, 2.24) is 0 Å². The molecule has 204 valence electrons. The van der Waals surface area contributed by atoms with E-state index in [1.165, 1.54) is 31.8 Å². The van der Waals surface area contributed by atoms with Crippen LogP contribution in [0.3, 0.4) is 0 Å². The third kappa shape index (κ3) is 5.31. The number of allylic oxidation sites excluding steroid dienone is 1. The molecule has 42 heavy (non-hydrogen) atoms. The number of aliphatic hydroxyl groups excluding tert-OH is 1. The van der Waals surface area contributed by atoms with Crippen LogP contribution in [0.5, 0.6) is 0 Å². The van der Waals surface area contributed by atoms with Crippen molar-refractivity contribution in [2.75, 3.05) is 0 Å². The molecule has 0 spiro atoms. The second-order valence-electron chi connectivity index (χ2n) is 10.1. The minimum Gasteiger partial charge on any atom is -0.539 e. The molecule has 1 N–H and O–H groups in total. The Morgan fingerprint density at radius 2 is 0.619 bits per heavy atom. The van der Waals surface area contributed by atoms with Gasteiger partial charge in [0.05, 0.1) is 46.4 Å². The van der Waals surface area contributed by atoms with Crippen LogP contribution in [-0.4, -0.2) is 5.11 Å². The van der Waals surface area contributed by atoms with E-state index in [0.717, 1.165) is 0 Å². The summed E-state index contributed by atoms with van der Waals surface area (Å²) in [5.41, 5.74) is 0. The average molecular weight is 580 g/mol. The molecule has 3 heteroatoms. The molecule has 6 rings (SSSR count). The summed E-state index contributed by atoms with van der Waals surface area (Å²) in [6.07, 6.45) is 2.16. The van der Waals surface area contributed by atoms with Crippen LogP contribution in [0.4, 0.5) is 0 Å². The summed E-state index contributed by atoms with van der Waals surface area (Å²) < 4.78 is 0. The molecule has 0 saturated carbocycles. The Hall–Kier alpha value is -4.41. The van der Waals surface area contributed by atoms with E-state index in [9.17, 15) is 5.11 Å². The highest BCUT2D eigenvalue weighted by atomic mass is 31.2. The molecule has 6 aromatic rings. The lowest BCUT2D eigenvalue weighted by atomic mass is 10.4. The topological polar surface area (TPSA) is 20.2 Å². The second-order valence-corrected chi connectivity index (χ2v) is 16.6. The summed E-state index contributed by atoms with van der Waals surface area (Å²) in [6.45, 7) is 0. The molecule has 1 nitrogen and oxygen atoms in total. The first kappa shape index (κ1) is 27.7. The molecule has 0 saturated heterocycles. The molecule has 0 aliphatic heterocycles. The monoisotopic (exact) mass is 579 g/mol. The molecule has 0 amide bonds. The molecule has 0 atom stereocenters. The van der Waals surface area contributed by atoms with E-state index in [1.807, 2.05) is 0 Å². The smallest absolute Gasteiger partial charge is 0.0928 e. The maximum absolute atomic E-state index is 12.3. The first-order chi connectivity index (χ1) is 20.7. The van der Waals surface area contributed by atoms with E-state index in [1.54, 1.807) is 0 Å². The maximum Gasteiger partial charge on any atom is 0.0928 e. The van der Waals surface area contributed by atoms with E-state index in [4.69, 9.17) is 0 Å². The molecule has 0 aromatic heterocycles. The Morgan fingerprint density at radius 3 is 0.881 bits per heavy atom. The predicted octanol–water partition coefficient (Wildman–Crippen LogP) is 7.54. The van der Waals surface area contributed by atoms with Crippen LogP contribution in [-0.2, 0) is 0 Å². The van der Waals surface area contributed by atoms with Crippen molar-refractivity contribution in [3.63, 3.8) is 0 Å². The van der Waals surface area contributed by atoms with Gasteiger partial charge in [-0.3, -0.25) is 0 Å². The summed E-state index contributed by atoms with van der Waals surface area (Å²) in [7, 11) is -4.79. The standard InChI is InChI=1S/C39H32OP2/c40-33(31-41(34-19-7-1-8-20-34,35-21-9-2-10-22-35)36-23-11-3-12-24-36)32-42(37-25-13-4-14-26-37,38-27-15-5-16-28-38)39-29-17-6-18-30-39/h1-32H/p+1/b33-31-. The number of benzene rings is 6. The molecule has 0 fully saturated rings. The molecule has 0 bridgehead atoms. The van der Waals surface area contributed by atoms with Gasteiger partial charge in [-0.05, 0) is 84.8 Å². The third-order valence-electron chi connectivity index (χ3n) is 7.63. The highest BCUT2D eigenvalue weighted by molar-refractivity contribution is 7.99. The first-order valence-electron chi connectivity index (χ1n) is 14.1. The lowest BCUT2D eigenvalue weighted by Crippen LogP contribution is -2.32. The lowest BCUT2D eigenvalue weighted by Gasteiger charge is -2.33. The van der Waals surface area contributed by atoms with E-state index in [2.05, 4.69) is 194 Å². The van der Waals surface area contributed by atoms with Gasteiger partial charge in [-0.15, -0.1) is 0 Å². The Labute approximate surface area is 250 Å². The molecule has 0 heterocycles. The molecule has 0 unspecified atom stereocenters. The predicted molar refractivity (Wildman–Crippen MR) is 185 cm³/mol. The van der Waals surface area contributed by atoms with Crippen molar-refractivity contribution >= 4 is 46.4 Å².